The Morgan fingerprint density at radius 3 is 3.12 bits per heavy atom. The maximum Gasteiger partial charge on any atom is 0.178 e. The minimum absolute atomic E-state index is 0.642. The first-order chi connectivity index (χ1) is 3.93. The summed E-state index contributed by atoms with van der Waals surface area (Å²) in [6.07, 6.45) is 0.821. The lowest BCUT2D eigenvalue weighted by molar-refractivity contribution is 0.911. The van der Waals surface area contributed by atoms with Crippen molar-refractivity contribution in [2.24, 2.45) is 5.73 Å². The number of hydrogen-bond acceptors (Lipinski definition) is 4. The highest BCUT2D eigenvalue weighted by Gasteiger charge is 1.91. The SMILES string of the molecule is NCCc1nn[c]s1. The quantitative estimate of drug-likeness (QED) is 0.602. The van der Waals surface area contributed by atoms with Crippen molar-refractivity contribution in [1.29, 1.82) is 0 Å². The molecule has 8 heavy (non-hydrogen) atoms. The van der Waals surface area contributed by atoms with Crippen LogP contribution in [0, 0.1) is 5.51 Å². The highest BCUT2D eigenvalue weighted by molar-refractivity contribution is 7.08. The Bertz CT molecular complexity index is 137. The Labute approximate surface area is 51.5 Å². The van der Waals surface area contributed by atoms with Crippen molar-refractivity contribution in [1.82, 2.24) is 10.2 Å². The smallest absolute Gasteiger partial charge is 0.178 e. The van der Waals surface area contributed by atoms with E-state index in [-0.39, 0.29) is 0 Å². The summed E-state index contributed by atoms with van der Waals surface area (Å²) in [5.74, 6) is 0. The molecule has 3 nitrogen and oxygen atoms in total. The van der Waals surface area contributed by atoms with Crippen molar-refractivity contribution in [2.45, 2.75) is 6.42 Å². The zero-order valence-corrected chi connectivity index (χ0v) is 5.11. The van der Waals surface area contributed by atoms with Crippen LogP contribution < -0.4 is 5.73 Å². The molecule has 2 N–H and O–H groups in total. The van der Waals surface area contributed by atoms with Crippen molar-refractivity contribution in [3.63, 3.8) is 0 Å². The van der Waals surface area contributed by atoms with E-state index in [0.717, 1.165) is 11.4 Å². The molecule has 0 spiro atoms. The van der Waals surface area contributed by atoms with Crippen LogP contribution in [0.15, 0.2) is 0 Å². The number of rotatable bonds is 2. The minimum atomic E-state index is 0.642. The van der Waals surface area contributed by atoms with Crippen LogP contribution in [0.1, 0.15) is 5.01 Å². The summed E-state index contributed by atoms with van der Waals surface area (Å²) < 4.78 is 0. The highest BCUT2D eigenvalue weighted by atomic mass is 32.1. The monoisotopic (exact) mass is 128 g/mol. The molecular weight excluding hydrogens is 122 g/mol. The maximum absolute atomic E-state index is 5.24. The molecular formula is C4H6N3S. The van der Waals surface area contributed by atoms with Crippen molar-refractivity contribution in [2.75, 3.05) is 6.54 Å². The molecule has 0 aliphatic rings. The van der Waals surface area contributed by atoms with Crippen molar-refractivity contribution in [3.8, 4) is 0 Å². The zero-order chi connectivity index (χ0) is 5.82. The summed E-state index contributed by atoms with van der Waals surface area (Å²) in [7, 11) is 0. The number of aromatic nitrogens is 2. The number of hydrogen-bond donors (Lipinski definition) is 1. The van der Waals surface area contributed by atoms with E-state index >= 15 is 0 Å². The van der Waals surface area contributed by atoms with E-state index < -0.39 is 0 Å². The summed E-state index contributed by atoms with van der Waals surface area (Å²) in [5.41, 5.74) is 7.88. The fourth-order valence-corrected chi connectivity index (χ4v) is 0.883. The molecule has 0 fully saturated rings. The molecule has 0 aliphatic heterocycles. The molecule has 1 aromatic heterocycles. The Hall–Kier alpha value is -0.480. The van der Waals surface area contributed by atoms with E-state index in [1.807, 2.05) is 0 Å². The third kappa shape index (κ3) is 1.24. The Balaban J connectivity index is 2.50. The van der Waals surface area contributed by atoms with E-state index in [9.17, 15) is 0 Å². The van der Waals surface area contributed by atoms with Crippen LogP contribution in [0.4, 0.5) is 0 Å². The molecule has 43 valence electrons. The van der Waals surface area contributed by atoms with E-state index in [1.54, 1.807) is 0 Å². The van der Waals surface area contributed by atoms with Crippen LogP contribution in [0.3, 0.4) is 0 Å². The van der Waals surface area contributed by atoms with E-state index in [0.29, 0.717) is 6.54 Å². The van der Waals surface area contributed by atoms with Crippen LogP contribution >= 0.6 is 11.3 Å². The standard InChI is InChI=1S/C4H6N3S/c5-2-1-4-7-6-3-8-4/h1-2,5H2. The Kier molecular flexibility index (Phi) is 1.93. The summed E-state index contributed by atoms with van der Waals surface area (Å²) >= 11 is 1.42. The third-order valence-electron chi connectivity index (χ3n) is 0.724. The van der Waals surface area contributed by atoms with Crippen LogP contribution in [0.25, 0.3) is 0 Å². The topological polar surface area (TPSA) is 51.8 Å². The average Bonchev–Trinajstić information content (AvgIpc) is 2.19. The van der Waals surface area contributed by atoms with Gasteiger partial charge in [0.2, 0.25) is 0 Å². The van der Waals surface area contributed by atoms with Crippen molar-refractivity contribution in [3.05, 3.63) is 10.5 Å². The molecule has 4 heteroatoms. The highest BCUT2D eigenvalue weighted by Crippen LogP contribution is 1.98. The van der Waals surface area contributed by atoms with Gasteiger partial charge in [0.1, 0.15) is 5.01 Å². The molecule has 1 aromatic rings. The maximum atomic E-state index is 5.24. The first-order valence-electron chi connectivity index (χ1n) is 2.32. The zero-order valence-electron chi connectivity index (χ0n) is 4.29. The second-order valence-corrected chi connectivity index (χ2v) is 2.18. The van der Waals surface area contributed by atoms with Gasteiger partial charge in [0, 0.05) is 6.42 Å². The first-order valence-corrected chi connectivity index (χ1v) is 3.13. The molecule has 0 saturated heterocycles. The predicted molar refractivity (Wildman–Crippen MR) is 31.5 cm³/mol. The van der Waals surface area contributed by atoms with Gasteiger partial charge in [0.25, 0.3) is 0 Å². The molecule has 1 rings (SSSR count). The summed E-state index contributed by atoms with van der Waals surface area (Å²) in [4.78, 5) is 0. The number of nitrogens with zero attached hydrogens (tertiary/aromatic N) is 2. The number of nitrogens with two attached hydrogens (primary N) is 1. The fraction of sp³-hybridized carbons (Fsp3) is 0.500. The van der Waals surface area contributed by atoms with E-state index in [2.05, 4.69) is 15.7 Å². The van der Waals surface area contributed by atoms with Gasteiger partial charge < -0.3 is 5.73 Å². The lowest BCUT2D eigenvalue weighted by atomic mass is 10.5. The molecule has 0 bridgehead atoms. The Morgan fingerprint density at radius 2 is 2.62 bits per heavy atom. The molecule has 0 aromatic carbocycles. The second-order valence-electron chi connectivity index (χ2n) is 1.33. The summed E-state index contributed by atoms with van der Waals surface area (Å²) in [6.45, 7) is 0.642. The van der Waals surface area contributed by atoms with Gasteiger partial charge in [-0.2, -0.15) is 0 Å². The van der Waals surface area contributed by atoms with Crippen LogP contribution in [0.5, 0.6) is 0 Å². The molecule has 0 aliphatic carbocycles. The molecule has 0 saturated carbocycles. The largest absolute Gasteiger partial charge is 0.330 e. The lowest BCUT2D eigenvalue weighted by Crippen LogP contribution is -2.01. The van der Waals surface area contributed by atoms with Gasteiger partial charge in [0.15, 0.2) is 5.51 Å². The first kappa shape index (κ1) is 5.65. The fourth-order valence-electron chi connectivity index (χ4n) is 0.394. The predicted octanol–water partition coefficient (Wildman–Crippen LogP) is -0.161. The van der Waals surface area contributed by atoms with Crippen LogP contribution in [-0.4, -0.2) is 16.7 Å². The van der Waals surface area contributed by atoms with Gasteiger partial charge in [-0.25, -0.2) is 0 Å². The Morgan fingerprint density at radius 1 is 1.75 bits per heavy atom. The van der Waals surface area contributed by atoms with Gasteiger partial charge in [0.05, 0.1) is 0 Å². The van der Waals surface area contributed by atoms with Gasteiger partial charge in [-0.05, 0) is 6.54 Å². The summed E-state index contributed by atoms with van der Waals surface area (Å²) in [5, 5.41) is 8.23. The average molecular weight is 128 g/mol. The second kappa shape index (κ2) is 2.74. The van der Waals surface area contributed by atoms with Crippen LogP contribution in [0.2, 0.25) is 0 Å². The third-order valence-corrected chi connectivity index (χ3v) is 1.42. The van der Waals surface area contributed by atoms with Gasteiger partial charge >= 0.3 is 0 Å². The molecule has 1 radical (unpaired) electrons. The molecule has 0 atom stereocenters. The molecule has 1 heterocycles. The molecule has 0 unspecified atom stereocenters. The lowest BCUT2D eigenvalue weighted by Gasteiger charge is -1.83. The van der Waals surface area contributed by atoms with Crippen molar-refractivity contribution >= 4 is 11.3 Å². The minimum Gasteiger partial charge on any atom is -0.330 e. The van der Waals surface area contributed by atoms with E-state index in [1.165, 1.54) is 11.3 Å². The van der Waals surface area contributed by atoms with Gasteiger partial charge in [-0.15, -0.1) is 10.2 Å². The van der Waals surface area contributed by atoms with Gasteiger partial charge in [-0.3, -0.25) is 0 Å². The normalized spacial score (nSPS) is 9.62. The van der Waals surface area contributed by atoms with Gasteiger partial charge in [-0.1, -0.05) is 11.3 Å². The van der Waals surface area contributed by atoms with Crippen LogP contribution in [-0.2, 0) is 6.42 Å². The van der Waals surface area contributed by atoms with E-state index in [4.69, 9.17) is 5.73 Å². The summed E-state index contributed by atoms with van der Waals surface area (Å²) in [6, 6.07) is 0. The molecule has 0 amide bonds. The van der Waals surface area contributed by atoms with Crippen molar-refractivity contribution < 1.29 is 0 Å².